The van der Waals surface area contributed by atoms with Gasteiger partial charge in [-0.15, -0.1) is 0 Å². The van der Waals surface area contributed by atoms with Crippen LogP contribution in [0.5, 0.6) is 5.75 Å². The van der Waals surface area contributed by atoms with Crippen LogP contribution in [0.2, 0.25) is 0 Å². The third kappa shape index (κ3) is 5.23. The molecule has 28 heavy (non-hydrogen) atoms. The van der Waals surface area contributed by atoms with Gasteiger partial charge in [0, 0.05) is 24.3 Å². The second-order valence-corrected chi connectivity index (χ2v) is 7.65. The quantitative estimate of drug-likeness (QED) is 0.676. The number of hydrogen-bond acceptors (Lipinski definition) is 5. The first-order valence-corrected chi connectivity index (χ1v) is 10.3. The van der Waals surface area contributed by atoms with Crippen molar-refractivity contribution in [3.63, 3.8) is 0 Å². The molecule has 1 amide bonds. The SMILES string of the molecule is COc1ccc(CCC(=O)N2CCCSC2=Nc2ccc(C(C)=O)cc2)cc1. The highest BCUT2D eigenvalue weighted by atomic mass is 32.2. The Bertz CT molecular complexity index is 860. The number of amidine groups is 1. The number of ether oxygens (including phenoxy) is 1. The molecule has 2 aromatic carbocycles. The first kappa shape index (κ1) is 20.1. The monoisotopic (exact) mass is 396 g/mol. The predicted octanol–water partition coefficient (Wildman–Crippen LogP) is 4.48. The maximum absolute atomic E-state index is 12.8. The van der Waals surface area contributed by atoms with Crippen LogP contribution in [0, 0.1) is 0 Å². The fourth-order valence-corrected chi connectivity index (χ4v) is 3.92. The van der Waals surface area contributed by atoms with Crippen molar-refractivity contribution in [2.24, 2.45) is 4.99 Å². The number of rotatable bonds is 6. The summed E-state index contributed by atoms with van der Waals surface area (Å²) >= 11 is 1.60. The fraction of sp³-hybridized carbons (Fsp3) is 0.318. The van der Waals surface area contributed by atoms with E-state index in [4.69, 9.17) is 4.74 Å². The smallest absolute Gasteiger partial charge is 0.228 e. The minimum absolute atomic E-state index is 0.0292. The second kappa shape index (κ2) is 9.55. The molecule has 0 aromatic heterocycles. The summed E-state index contributed by atoms with van der Waals surface area (Å²) in [5.74, 6) is 1.88. The molecule has 0 bridgehead atoms. The summed E-state index contributed by atoms with van der Waals surface area (Å²) in [6, 6.07) is 15.0. The minimum Gasteiger partial charge on any atom is -0.497 e. The number of thioether (sulfide) groups is 1. The Morgan fingerprint density at radius 2 is 1.82 bits per heavy atom. The van der Waals surface area contributed by atoms with Crippen molar-refractivity contribution in [2.45, 2.75) is 26.2 Å². The van der Waals surface area contributed by atoms with Crippen molar-refractivity contribution in [1.82, 2.24) is 4.90 Å². The van der Waals surface area contributed by atoms with Crippen LogP contribution in [0.3, 0.4) is 0 Å². The lowest BCUT2D eigenvalue weighted by Gasteiger charge is -2.27. The van der Waals surface area contributed by atoms with Crippen molar-refractivity contribution in [1.29, 1.82) is 0 Å². The molecule has 0 saturated carbocycles. The number of ketones is 1. The highest BCUT2D eigenvalue weighted by Crippen LogP contribution is 2.24. The van der Waals surface area contributed by atoms with Gasteiger partial charge in [-0.25, -0.2) is 4.99 Å². The summed E-state index contributed by atoms with van der Waals surface area (Å²) < 4.78 is 5.17. The zero-order chi connectivity index (χ0) is 19.9. The van der Waals surface area contributed by atoms with Crippen molar-refractivity contribution < 1.29 is 14.3 Å². The van der Waals surface area contributed by atoms with Gasteiger partial charge in [0.05, 0.1) is 12.8 Å². The molecular formula is C22H24N2O3S. The number of aliphatic imine (C=N–C) groups is 1. The lowest BCUT2D eigenvalue weighted by Crippen LogP contribution is -2.39. The first-order valence-electron chi connectivity index (χ1n) is 9.32. The minimum atomic E-state index is 0.0292. The van der Waals surface area contributed by atoms with Crippen LogP contribution in [-0.2, 0) is 11.2 Å². The van der Waals surface area contributed by atoms with E-state index in [2.05, 4.69) is 4.99 Å². The Morgan fingerprint density at radius 1 is 1.11 bits per heavy atom. The van der Waals surface area contributed by atoms with Crippen LogP contribution in [0.25, 0.3) is 0 Å². The maximum Gasteiger partial charge on any atom is 0.228 e. The zero-order valence-corrected chi connectivity index (χ0v) is 17.0. The average Bonchev–Trinajstić information content (AvgIpc) is 2.73. The molecule has 5 nitrogen and oxygen atoms in total. The molecular weight excluding hydrogens is 372 g/mol. The highest BCUT2D eigenvalue weighted by molar-refractivity contribution is 8.13. The van der Waals surface area contributed by atoms with Gasteiger partial charge in [-0.3, -0.25) is 14.5 Å². The van der Waals surface area contributed by atoms with Crippen LogP contribution < -0.4 is 4.74 Å². The van der Waals surface area contributed by atoms with Crippen LogP contribution in [0.15, 0.2) is 53.5 Å². The summed E-state index contributed by atoms with van der Waals surface area (Å²) in [4.78, 5) is 30.7. The molecule has 146 valence electrons. The van der Waals surface area contributed by atoms with Gasteiger partial charge in [0.2, 0.25) is 5.91 Å². The Balaban J connectivity index is 1.67. The summed E-state index contributed by atoms with van der Waals surface area (Å²) in [6.07, 6.45) is 2.08. The van der Waals surface area contributed by atoms with E-state index in [1.165, 1.54) is 0 Å². The third-order valence-corrected chi connectivity index (χ3v) is 5.64. The summed E-state index contributed by atoms with van der Waals surface area (Å²) in [6.45, 7) is 2.24. The third-order valence-electron chi connectivity index (χ3n) is 4.57. The standard InChI is InChI=1S/C22H24N2O3S/c1-16(25)18-7-9-19(10-8-18)23-22-24(14-3-15-28-22)21(26)13-6-17-4-11-20(27-2)12-5-17/h4-5,7-12H,3,6,13-15H2,1-2H3. The topological polar surface area (TPSA) is 59.0 Å². The number of benzene rings is 2. The molecule has 0 unspecified atom stereocenters. The van der Waals surface area contributed by atoms with E-state index in [1.807, 2.05) is 36.4 Å². The molecule has 2 aromatic rings. The van der Waals surface area contributed by atoms with Gasteiger partial charge in [0.25, 0.3) is 0 Å². The van der Waals surface area contributed by atoms with Crippen molar-refractivity contribution in [2.75, 3.05) is 19.4 Å². The summed E-state index contributed by atoms with van der Waals surface area (Å²) in [7, 11) is 1.64. The number of Topliss-reactive ketones (excluding diaryl/α,β-unsaturated/α-hetero) is 1. The Labute approximate surface area is 169 Å². The molecule has 6 heteroatoms. The molecule has 1 aliphatic rings. The number of methoxy groups -OCH3 is 1. The summed E-state index contributed by atoms with van der Waals surface area (Å²) in [5, 5.41) is 0.738. The van der Waals surface area contributed by atoms with Gasteiger partial charge in [0.15, 0.2) is 11.0 Å². The number of carbonyl (C=O) groups is 2. The normalized spacial score (nSPS) is 15.5. The van der Waals surface area contributed by atoms with Gasteiger partial charge in [0.1, 0.15) is 5.75 Å². The van der Waals surface area contributed by atoms with Gasteiger partial charge in [-0.2, -0.15) is 0 Å². The molecule has 1 saturated heterocycles. The van der Waals surface area contributed by atoms with E-state index in [1.54, 1.807) is 42.8 Å². The predicted molar refractivity (Wildman–Crippen MR) is 114 cm³/mol. The molecule has 0 radical (unpaired) electrons. The largest absolute Gasteiger partial charge is 0.497 e. The lowest BCUT2D eigenvalue weighted by atomic mass is 10.1. The highest BCUT2D eigenvalue weighted by Gasteiger charge is 2.23. The molecule has 3 rings (SSSR count). The van der Waals surface area contributed by atoms with E-state index in [-0.39, 0.29) is 11.7 Å². The van der Waals surface area contributed by atoms with Crippen LogP contribution in [-0.4, -0.2) is 41.2 Å². The van der Waals surface area contributed by atoms with Crippen molar-refractivity contribution >= 4 is 34.3 Å². The number of amides is 1. The van der Waals surface area contributed by atoms with Gasteiger partial charge < -0.3 is 4.74 Å². The molecule has 1 aliphatic heterocycles. The Hall–Kier alpha value is -2.60. The van der Waals surface area contributed by atoms with E-state index in [0.717, 1.165) is 34.3 Å². The van der Waals surface area contributed by atoms with E-state index in [0.29, 0.717) is 24.9 Å². The lowest BCUT2D eigenvalue weighted by molar-refractivity contribution is -0.127. The van der Waals surface area contributed by atoms with Crippen LogP contribution in [0.4, 0.5) is 5.69 Å². The molecule has 0 spiro atoms. The van der Waals surface area contributed by atoms with Crippen molar-refractivity contribution in [3.8, 4) is 5.75 Å². The zero-order valence-electron chi connectivity index (χ0n) is 16.2. The van der Waals surface area contributed by atoms with Gasteiger partial charge in [-0.05, 0) is 61.7 Å². The molecule has 1 fully saturated rings. The van der Waals surface area contributed by atoms with E-state index in [9.17, 15) is 9.59 Å². The van der Waals surface area contributed by atoms with E-state index < -0.39 is 0 Å². The van der Waals surface area contributed by atoms with Gasteiger partial charge in [-0.1, -0.05) is 23.9 Å². The van der Waals surface area contributed by atoms with Crippen LogP contribution in [0.1, 0.15) is 35.7 Å². The molecule has 0 aliphatic carbocycles. The van der Waals surface area contributed by atoms with Crippen molar-refractivity contribution in [3.05, 3.63) is 59.7 Å². The number of carbonyl (C=O) groups excluding carboxylic acids is 2. The summed E-state index contributed by atoms with van der Waals surface area (Å²) in [5.41, 5.74) is 2.52. The maximum atomic E-state index is 12.8. The first-order chi connectivity index (χ1) is 13.6. The van der Waals surface area contributed by atoms with Crippen LogP contribution >= 0.6 is 11.8 Å². The number of nitrogens with zero attached hydrogens (tertiary/aromatic N) is 2. The molecule has 0 N–H and O–H groups in total. The average molecular weight is 397 g/mol. The second-order valence-electron chi connectivity index (χ2n) is 6.59. The Morgan fingerprint density at radius 3 is 2.46 bits per heavy atom. The van der Waals surface area contributed by atoms with Gasteiger partial charge >= 0.3 is 0 Å². The number of aryl methyl sites for hydroxylation is 1. The Kier molecular flexibility index (Phi) is 6.87. The fourth-order valence-electron chi connectivity index (χ4n) is 2.94. The molecule has 0 atom stereocenters. The van der Waals surface area contributed by atoms with E-state index >= 15 is 0 Å². The molecule has 1 heterocycles. The number of hydrogen-bond donors (Lipinski definition) is 0.